The first-order chi connectivity index (χ1) is 22.2. The molecule has 46 heavy (non-hydrogen) atoms. The van der Waals surface area contributed by atoms with E-state index in [1.807, 2.05) is 20.8 Å². The van der Waals surface area contributed by atoms with Crippen molar-refractivity contribution in [3.63, 3.8) is 0 Å². The Bertz CT molecular complexity index is 1920. The van der Waals surface area contributed by atoms with Gasteiger partial charge in [-0.3, -0.25) is 0 Å². The Morgan fingerprint density at radius 2 is 1.61 bits per heavy atom. The summed E-state index contributed by atoms with van der Waals surface area (Å²) in [5, 5.41) is 6.69. The molecule has 3 heterocycles. The standard InChI is InChI=1S/C38H42N6O2/c1-37(2,3)46-36(45)44-38(18-6-19-38)35-41-29-17-15-26(22-32(29)42-35)24-12-10-23(11-13-24)25-14-16-28-27(21-25)7-4-8-30-33(28)43-34(40-30)31-9-5-20-39-31/h10-17,21-22,31,39H,4-9,18-20H2,1-3H3,(H,40,43)(H,41,42)(H,44,45)/t31-/m0/s1. The van der Waals surface area contributed by atoms with E-state index >= 15 is 0 Å². The number of carbonyl (C=O) groups excluding carboxylic acids is 1. The van der Waals surface area contributed by atoms with Crippen LogP contribution in [-0.4, -0.2) is 38.2 Å². The lowest BCUT2D eigenvalue weighted by atomic mass is 9.76. The van der Waals surface area contributed by atoms with Crippen LogP contribution in [0.1, 0.15) is 88.2 Å². The zero-order valence-electron chi connectivity index (χ0n) is 26.9. The van der Waals surface area contributed by atoms with Crippen molar-refractivity contribution in [3.8, 4) is 33.5 Å². The second-order valence-corrected chi connectivity index (χ2v) is 14.3. The average molecular weight is 615 g/mol. The molecular weight excluding hydrogens is 572 g/mol. The van der Waals surface area contributed by atoms with Crippen molar-refractivity contribution < 1.29 is 9.53 Å². The SMILES string of the molecule is CC(C)(C)OC(=O)NC1(c2nc3ccc(-c4ccc(-c5ccc6c(c5)CCCc5[nH]c([C@@H]7CCCN7)nc5-6)cc4)cc3[nH]2)CCC1. The van der Waals surface area contributed by atoms with E-state index in [4.69, 9.17) is 14.7 Å². The number of aromatic amines is 2. The summed E-state index contributed by atoms with van der Waals surface area (Å²) in [5.74, 6) is 1.89. The van der Waals surface area contributed by atoms with Crippen LogP contribution < -0.4 is 10.6 Å². The minimum atomic E-state index is -0.548. The third-order valence-corrected chi connectivity index (χ3v) is 9.85. The second kappa shape index (κ2) is 11.1. The second-order valence-electron chi connectivity index (χ2n) is 14.3. The molecule has 1 amide bonds. The molecule has 0 spiro atoms. The molecule has 1 saturated heterocycles. The molecule has 1 atom stereocenters. The monoisotopic (exact) mass is 614 g/mol. The topological polar surface area (TPSA) is 108 Å². The molecule has 1 aliphatic heterocycles. The number of nitrogens with one attached hydrogen (secondary N) is 4. The van der Waals surface area contributed by atoms with Crippen LogP contribution in [0, 0.1) is 0 Å². The van der Waals surface area contributed by atoms with Crippen LogP contribution in [0.5, 0.6) is 0 Å². The smallest absolute Gasteiger partial charge is 0.408 e. The van der Waals surface area contributed by atoms with E-state index in [-0.39, 0.29) is 0 Å². The lowest BCUT2D eigenvalue weighted by molar-refractivity contribution is 0.0366. The summed E-state index contributed by atoms with van der Waals surface area (Å²) in [6, 6.07) is 22.4. The van der Waals surface area contributed by atoms with Gasteiger partial charge in [0.25, 0.3) is 0 Å². The van der Waals surface area contributed by atoms with Gasteiger partial charge in [0.2, 0.25) is 0 Å². The van der Waals surface area contributed by atoms with Crippen molar-refractivity contribution in [1.82, 2.24) is 30.6 Å². The number of nitrogens with zero attached hydrogens (tertiary/aromatic N) is 2. The van der Waals surface area contributed by atoms with Crippen LogP contribution in [0.4, 0.5) is 4.79 Å². The number of fused-ring (bicyclic) bond motifs is 4. The number of imidazole rings is 2. The maximum atomic E-state index is 12.6. The highest BCUT2D eigenvalue weighted by atomic mass is 16.6. The molecule has 0 bridgehead atoms. The highest BCUT2D eigenvalue weighted by molar-refractivity contribution is 5.83. The highest BCUT2D eigenvalue weighted by Gasteiger charge is 2.44. The number of rotatable bonds is 5. The molecule has 8 rings (SSSR count). The molecule has 0 radical (unpaired) electrons. The van der Waals surface area contributed by atoms with Crippen molar-refractivity contribution in [2.24, 2.45) is 0 Å². The van der Waals surface area contributed by atoms with E-state index in [1.165, 1.54) is 34.4 Å². The largest absolute Gasteiger partial charge is 0.444 e. The van der Waals surface area contributed by atoms with E-state index in [0.29, 0.717) is 6.04 Å². The number of hydrogen-bond donors (Lipinski definition) is 4. The predicted molar refractivity (Wildman–Crippen MR) is 181 cm³/mol. The minimum Gasteiger partial charge on any atom is -0.444 e. The third-order valence-electron chi connectivity index (χ3n) is 9.85. The number of hydrogen-bond acceptors (Lipinski definition) is 5. The normalized spacial score (nSPS) is 18.8. The van der Waals surface area contributed by atoms with Crippen molar-refractivity contribution in [2.45, 2.75) is 89.3 Å². The summed E-state index contributed by atoms with van der Waals surface area (Å²) < 4.78 is 5.55. The van der Waals surface area contributed by atoms with Gasteiger partial charge in [0.05, 0.1) is 22.8 Å². The van der Waals surface area contributed by atoms with Gasteiger partial charge in [-0.1, -0.05) is 48.5 Å². The minimum absolute atomic E-state index is 0.352. The van der Waals surface area contributed by atoms with Crippen LogP contribution in [0.15, 0.2) is 60.7 Å². The quantitative estimate of drug-likeness (QED) is 0.160. The number of H-pyrrole nitrogens is 2. The molecule has 3 aliphatic rings. The molecule has 3 aromatic carbocycles. The molecule has 5 aromatic rings. The Morgan fingerprint density at radius 3 is 2.30 bits per heavy atom. The van der Waals surface area contributed by atoms with Gasteiger partial charge in [-0.25, -0.2) is 14.8 Å². The Kier molecular flexibility index (Phi) is 7.01. The number of carbonyl (C=O) groups is 1. The fourth-order valence-electron chi connectivity index (χ4n) is 7.30. The van der Waals surface area contributed by atoms with Crippen LogP contribution in [0.3, 0.4) is 0 Å². The van der Waals surface area contributed by atoms with Gasteiger partial charge >= 0.3 is 6.09 Å². The van der Waals surface area contributed by atoms with Crippen LogP contribution in [0.25, 0.3) is 44.5 Å². The van der Waals surface area contributed by atoms with Crippen LogP contribution >= 0.6 is 0 Å². The maximum absolute atomic E-state index is 12.6. The van der Waals surface area contributed by atoms with Gasteiger partial charge in [-0.15, -0.1) is 0 Å². The van der Waals surface area contributed by atoms with E-state index in [0.717, 1.165) is 91.0 Å². The summed E-state index contributed by atoms with van der Waals surface area (Å²) in [7, 11) is 0. The number of aromatic nitrogens is 4. The first-order valence-corrected chi connectivity index (χ1v) is 16.8. The number of ether oxygens (including phenoxy) is 1. The zero-order chi connectivity index (χ0) is 31.5. The summed E-state index contributed by atoms with van der Waals surface area (Å²) in [6.45, 7) is 6.71. The number of aryl methyl sites for hydroxylation is 2. The highest BCUT2D eigenvalue weighted by Crippen LogP contribution is 2.41. The van der Waals surface area contributed by atoms with Crippen molar-refractivity contribution >= 4 is 17.1 Å². The number of benzene rings is 3. The molecule has 2 aliphatic carbocycles. The fraction of sp³-hybridized carbons (Fsp3) is 0.395. The van der Waals surface area contributed by atoms with E-state index in [9.17, 15) is 4.79 Å². The van der Waals surface area contributed by atoms with Crippen LogP contribution in [0.2, 0.25) is 0 Å². The van der Waals surface area contributed by atoms with Gasteiger partial charge in [0, 0.05) is 11.3 Å². The van der Waals surface area contributed by atoms with Gasteiger partial charge in [0.15, 0.2) is 0 Å². The molecule has 0 unspecified atom stereocenters. The fourth-order valence-corrected chi connectivity index (χ4v) is 7.30. The molecule has 236 valence electrons. The number of amides is 1. The van der Waals surface area contributed by atoms with Crippen molar-refractivity contribution in [3.05, 3.63) is 83.6 Å². The molecule has 2 aromatic heterocycles. The summed E-state index contributed by atoms with van der Waals surface area (Å²) >= 11 is 0. The molecule has 2 fully saturated rings. The van der Waals surface area contributed by atoms with Crippen molar-refractivity contribution in [1.29, 1.82) is 0 Å². The Hall–Kier alpha value is -4.43. The summed E-state index contributed by atoms with van der Waals surface area (Å²) in [6.07, 6.45) is 7.90. The van der Waals surface area contributed by atoms with Gasteiger partial charge < -0.3 is 25.3 Å². The molecule has 8 heteroatoms. The maximum Gasteiger partial charge on any atom is 0.408 e. The Labute approximate surface area is 269 Å². The van der Waals surface area contributed by atoms with E-state index in [1.54, 1.807) is 0 Å². The van der Waals surface area contributed by atoms with E-state index in [2.05, 4.69) is 81.3 Å². The lowest BCUT2D eigenvalue weighted by Crippen LogP contribution is -2.52. The summed E-state index contributed by atoms with van der Waals surface area (Å²) in [4.78, 5) is 29.8. The summed E-state index contributed by atoms with van der Waals surface area (Å²) in [5.41, 5.74) is 10.6. The van der Waals surface area contributed by atoms with Gasteiger partial charge in [-0.2, -0.15) is 0 Å². The average Bonchev–Trinajstić information content (AvgIpc) is 3.76. The number of alkyl carbamates (subject to hydrolysis) is 1. The first-order valence-electron chi connectivity index (χ1n) is 16.8. The lowest BCUT2D eigenvalue weighted by Gasteiger charge is -2.40. The van der Waals surface area contributed by atoms with Gasteiger partial charge in [0.1, 0.15) is 22.8 Å². The molecule has 4 N–H and O–H groups in total. The van der Waals surface area contributed by atoms with Crippen molar-refractivity contribution in [2.75, 3.05) is 6.54 Å². The first kappa shape index (κ1) is 29.0. The Balaban J connectivity index is 1.02. The molecular formula is C38H42N6O2. The zero-order valence-corrected chi connectivity index (χ0v) is 26.9. The molecule has 1 saturated carbocycles. The van der Waals surface area contributed by atoms with E-state index < -0.39 is 17.2 Å². The third kappa shape index (κ3) is 5.38. The van der Waals surface area contributed by atoms with Gasteiger partial charge in [-0.05, 0) is 119 Å². The predicted octanol–water partition coefficient (Wildman–Crippen LogP) is 8.10. The Morgan fingerprint density at radius 1 is 0.870 bits per heavy atom. The molecule has 8 nitrogen and oxygen atoms in total. The van der Waals surface area contributed by atoms with Crippen LogP contribution in [-0.2, 0) is 23.1 Å².